The van der Waals surface area contributed by atoms with E-state index in [-0.39, 0.29) is 11.0 Å². The second-order valence-electron chi connectivity index (χ2n) is 5.96. The Morgan fingerprint density at radius 2 is 2.00 bits per heavy atom. The van der Waals surface area contributed by atoms with E-state index in [1.807, 2.05) is 32.3 Å². The topological polar surface area (TPSA) is 59.3 Å². The molecule has 0 fully saturated rings. The summed E-state index contributed by atoms with van der Waals surface area (Å²) in [6.07, 6.45) is 2.57. The number of hydrogen-bond acceptors (Lipinski definition) is 2. The number of rotatable bonds is 3. The Hall–Kier alpha value is -2.10. The molecule has 1 N–H and O–H groups in total. The Balaban J connectivity index is 2.97. The van der Waals surface area contributed by atoms with Gasteiger partial charge in [-0.15, -0.1) is 0 Å². The number of aromatic carboxylic acids is 1. The van der Waals surface area contributed by atoms with Gasteiger partial charge in [-0.3, -0.25) is 4.79 Å². The summed E-state index contributed by atoms with van der Waals surface area (Å²) >= 11 is 0. The number of carbonyl (C=O) groups excluding carboxylic acids is 1. The van der Waals surface area contributed by atoms with Crippen molar-refractivity contribution in [2.75, 3.05) is 0 Å². The second-order valence-corrected chi connectivity index (χ2v) is 5.96. The van der Waals surface area contributed by atoms with Crippen LogP contribution in [0.5, 0.6) is 0 Å². The first-order valence-electron chi connectivity index (χ1n) is 6.65. The van der Waals surface area contributed by atoms with Crippen molar-refractivity contribution in [1.82, 2.24) is 4.57 Å². The largest absolute Gasteiger partial charge is 0.478 e. The van der Waals surface area contributed by atoms with Crippen molar-refractivity contribution in [2.24, 2.45) is 0 Å². The number of benzene rings is 1. The van der Waals surface area contributed by atoms with Gasteiger partial charge in [-0.25, -0.2) is 4.79 Å². The number of nitrogens with zero attached hydrogens (tertiary/aromatic N) is 1. The van der Waals surface area contributed by atoms with E-state index in [0.29, 0.717) is 10.9 Å². The Kier molecular flexibility index (Phi) is 3.42. The third kappa shape index (κ3) is 2.22. The quantitative estimate of drug-likeness (QED) is 0.871. The molecule has 0 saturated heterocycles. The van der Waals surface area contributed by atoms with Gasteiger partial charge in [0, 0.05) is 23.7 Å². The predicted octanol–water partition coefficient (Wildman–Crippen LogP) is 3.47. The number of fused-ring (bicyclic) bond motifs is 1. The molecule has 0 aliphatic heterocycles. The minimum Gasteiger partial charge on any atom is -0.478 e. The first-order valence-corrected chi connectivity index (χ1v) is 6.65. The van der Waals surface area contributed by atoms with E-state index < -0.39 is 5.97 Å². The molecule has 0 saturated carbocycles. The summed E-state index contributed by atoms with van der Waals surface area (Å²) in [4.78, 5) is 22.5. The van der Waals surface area contributed by atoms with E-state index in [4.69, 9.17) is 0 Å². The van der Waals surface area contributed by atoms with Crippen molar-refractivity contribution in [3.63, 3.8) is 0 Å². The number of hydrogen-bond donors (Lipinski definition) is 1. The number of aromatic nitrogens is 1. The van der Waals surface area contributed by atoms with Crippen LogP contribution in [0.2, 0.25) is 0 Å². The van der Waals surface area contributed by atoms with Crippen LogP contribution in [0.25, 0.3) is 10.9 Å². The number of aryl methyl sites for hydroxylation is 1. The van der Waals surface area contributed by atoms with Crippen LogP contribution < -0.4 is 0 Å². The Morgan fingerprint density at radius 3 is 2.45 bits per heavy atom. The predicted molar refractivity (Wildman–Crippen MR) is 78.7 cm³/mol. The highest BCUT2D eigenvalue weighted by molar-refractivity contribution is 6.03. The number of aldehydes is 1. The first kappa shape index (κ1) is 14.3. The molecule has 4 heteroatoms. The summed E-state index contributed by atoms with van der Waals surface area (Å²) in [5, 5.41) is 9.98. The summed E-state index contributed by atoms with van der Waals surface area (Å²) in [5.41, 5.74) is 2.46. The summed E-state index contributed by atoms with van der Waals surface area (Å²) in [7, 11) is 0. The lowest BCUT2D eigenvalue weighted by atomic mass is 9.84. The molecule has 0 unspecified atom stereocenters. The first-order chi connectivity index (χ1) is 9.29. The standard InChI is InChI=1S/C16H19NO3/c1-5-17-8-11(9-18)12-6-10(15(19)20)7-13(14(12)17)16(2,3)4/h6-9H,5H2,1-4H3,(H,19,20). The molecule has 20 heavy (non-hydrogen) atoms. The molecular weight excluding hydrogens is 254 g/mol. The zero-order valence-corrected chi connectivity index (χ0v) is 12.2. The van der Waals surface area contributed by atoms with Crippen LogP contribution in [0.15, 0.2) is 18.3 Å². The van der Waals surface area contributed by atoms with Crippen LogP contribution in [0.4, 0.5) is 0 Å². The maximum absolute atomic E-state index is 11.3. The zero-order chi connectivity index (χ0) is 15.1. The lowest BCUT2D eigenvalue weighted by Crippen LogP contribution is -2.15. The van der Waals surface area contributed by atoms with E-state index in [1.165, 1.54) is 0 Å². The van der Waals surface area contributed by atoms with Crippen LogP contribution in [0.1, 0.15) is 54.0 Å². The number of carboxylic acid groups (broad SMARTS) is 1. The summed E-state index contributed by atoms with van der Waals surface area (Å²) in [6, 6.07) is 3.30. The molecule has 0 bridgehead atoms. The molecule has 1 aromatic heterocycles. The van der Waals surface area contributed by atoms with Crippen LogP contribution in [-0.2, 0) is 12.0 Å². The van der Waals surface area contributed by atoms with E-state index in [0.717, 1.165) is 23.9 Å². The van der Waals surface area contributed by atoms with Gasteiger partial charge in [0.05, 0.1) is 11.1 Å². The lowest BCUT2D eigenvalue weighted by molar-refractivity contribution is 0.0696. The van der Waals surface area contributed by atoms with Crippen molar-refractivity contribution in [1.29, 1.82) is 0 Å². The highest BCUT2D eigenvalue weighted by Gasteiger charge is 2.23. The molecule has 0 aliphatic rings. The van der Waals surface area contributed by atoms with Crippen molar-refractivity contribution in [3.05, 3.63) is 35.0 Å². The van der Waals surface area contributed by atoms with E-state index >= 15 is 0 Å². The maximum Gasteiger partial charge on any atom is 0.335 e. The minimum absolute atomic E-state index is 0.199. The fourth-order valence-corrected chi connectivity index (χ4v) is 2.50. The van der Waals surface area contributed by atoms with Crippen LogP contribution in [0, 0.1) is 0 Å². The van der Waals surface area contributed by atoms with E-state index in [2.05, 4.69) is 0 Å². The Bertz CT molecular complexity index is 690. The van der Waals surface area contributed by atoms with Crippen LogP contribution in [-0.4, -0.2) is 21.9 Å². The zero-order valence-electron chi connectivity index (χ0n) is 12.2. The molecule has 0 radical (unpaired) electrons. The van der Waals surface area contributed by atoms with Gasteiger partial charge in [0.15, 0.2) is 6.29 Å². The maximum atomic E-state index is 11.3. The van der Waals surface area contributed by atoms with Gasteiger partial charge < -0.3 is 9.67 Å². The van der Waals surface area contributed by atoms with Crippen molar-refractivity contribution >= 4 is 23.2 Å². The summed E-state index contributed by atoms with van der Waals surface area (Å²) < 4.78 is 2.01. The van der Waals surface area contributed by atoms with Crippen molar-refractivity contribution in [3.8, 4) is 0 Å². The molecule has 0 aliphatic carbocycles. The van der Waals surface area contributed by atoms with Gasteiger partial charge in [-0.2, -0.15) is 0 Å². The van der Waals surface area contributed by atoms with Crippen LogP contribution >= 0.6 is 0 Å². The molecule has 0 atom stereocenters. The lowest BCUT2D eigenvalue weighted by Gasteiger charge is -2.22. The van der Waals surface area contributed by atoms with E-state index in [9.17, 15) is 14.7 Å². The summed E-state index contributed by atoms with van der Waals surface area (Å²) in [5.74, 6) is -0.974. The van der Waals surface area contributed by atoms with Gasteiger partial charge in [0.25, 0.3) is 0 Å². The number of carboxylic acids is 1. The molecule has 0 amide bonds. The highest BCUT2D eigenvalue weighted by atomic mass is 16.4. The molecule has 2 aromatic rings. The van der Waals surface area contributed by atoms with Crippen LogP contribution in [0.3, 0.4) is 0 Å². The number of carbonyl (C=O) groups is 2. The molecule has 0 spiro atoms. The fourth-order valence-electron chi connectivity index (χ4n) is 2.50. The third-order valence-electron chi connectivity index (χ3n) is 3.53. The monoisotopic (exact) mass is 273 g/mol. The summed E-state index contributed by atoms with van der Waals surface area (Å²) in [6.45, 7) is 8.87. The molecular formula is C16H19NO3. The van der Waals surface area contributed by atoms with E-state index in [1.54, 1.807) is 18.3 Å². The molecule has 4 nitrogen and oxygen atoms in total. The van der Waals surface area contributed by atoms with Gasteiger partial charge in [0.2, 0.25) is 0 Å². The molecule has 106 valence electrons. The van der Waals surface area contributed by atoms with Gasteiger partial charge in [-0.1, -0.05) is 20.8 Å². The van der Waals surface area contributed by atoms with Gasteiger partial charge >= 0.3 is 5.97 Å². The average Bonchev–Trinajstić information content (AvgIpc) is 2.74. The van der Waals surface area contributed by atoms with Crippen molar-refractivity contribution < 1.29 is 14.7 Å². The Labute approximate surface area is 118 Å². The second kappa shape index (κ2) is 4.78. The van der Waals surface area contributed by atoms with Crippen molar-refractivity contribution in [2.45, 2.75) is 39.7 Å². The SMILES string of the molecule is CCn1cc(C=O)c2cc(C(=O)O)cc(C(C)(C)C)c21. The smallest absolute Gasteiger partial charge is 0.335 e. The van der Waals surface area contributed by atoms with Gasteiger partial charge in [-0.05, 0) is 30.0 Å². The molecule has 1 heterocycles. The molecule has 2 rings (SSSR count). The Morgan fingerprint density at radius 1 is 1.35 bits per heavy atom. The minimum atomic E-state index is -0.974. The van der Waals surface area contributed by atoms with Gasteiger partial charge in [0.1, 0.15) is 0 Å². The fraction of sp³-hybridized carbons (Fsp3) is 0.375. The normalized spacial score (nSPS) is 11.8. The molecule has 1 aromatic carbocycles. The third-order valence-corrected chi connectivity index (χ3v) is 3.53. The average molecular weight is 273 g/mol. The highest BCUT2D eigenvalue weighted by Crippen LogP contribution is 2.33.